The Labute approximate surface area is 115 Å². The number of rotatable bonds is 6. The van der Waals surface area contributed by atoms with Gasteiger partial charge in [0.1, 0.15) is 0 Å². The molecule has 2 nitrogen and oxygen atoms in total. The first kappa shape index (κ1) is 17.5. The van der Waals surface area contributed by atoms with Gasteiger partial charge in [0.05, 0.1) is 14.7 Å². The molecule has 18 heavy (non-hydrogen) atoms. The van der Waals surface area contributed by atoms with Crippen LogP contribution in [0.4, 0.5) is 0 Å². The van der Waals surface area contributed by atoms with Gasteiger partial charge < -0.3 is 9.16 Å². The van der Waals surface area contributed by atoms with Gasteiger partial charge in [-0.1, -0.05) is 31.3 Å². The van der Waals surface area contributed by atoms with Gasteiger partial charge in [0.25, 0.3) is 5.95 Å². The van der Waals surface area contributed by atoms with Gasteiger partial charge in [-0.2, -0.15) is 0 Å². The van der Waals surface area contributed by atoms with E-state index in [1.807, 2.05) is 6.92 Å². The lowest BCUT2D eigenvalue weighted by Crippen LogP contribution is -2.31. The van der Waals surface area contributed by atoms with E-state index in [0.29, 0.717) is 6.61 Å². The van der Waals surface area contributed by atoms with Crippen LogP contribution in [0.5, 0.6) is 0 Å². The predicted octanol–water partition coefficient (Wildman–Crippen LogP) is 4.93. The van der Waals surface area contributed by atoms with Crippen molar-refractivity contribution in [3.05, 3.63) is 22.8 Å². The molecule has 0 aromatic heterocycles. The van der Waals surface area contributed by atoms with Crippen LogP contribution in [0.25, 0.3) is 0 Å². The average molecular weight is 287 g/mol. The number of allylic oxidation sites excluding steroid dienone is 3. The minimum Gasteiger partial charge on any atom is -0.520 e. The molecule has 0 heterocycles. The van der Waals surface area contributed by atoms with Crippen molar-refractivity contribution < 1.29 is 9.16 Å². The highest BCUT2D eigenvalue weighted by molar-refractivity contribution is 6.84. The maximum absolute atomic E-state index is 6.15. The van der Waals surface area contributed by atoms with Crippen molar-refractivity contribution >= 4 is 16.4 Å². The maximum atomic E-state index is 6.15. The van der Waals surface area contributed by atoms with Crippen LogP contribution < -0.4 is 0 Å². The van der Waals surface area contributed by atoms with Crippen LogP contribution in [0.1, 0.15) is 20.8 Å². The molecule has 0 atom stereocenters. The first-order valence-corrected chi connectivity index (χ1v) is 13.6. The highest BCUT2D eigenvalue weighted by Gasteiger charge is 2.27. The summed E-state index contributed by atoms with van der Waals surface area (Å²) in [6.07, 6.45) is 2.23. The Morgan fingerprint density at radius 3 is 1.78 bits per heavy atom. The van der Waals surface area contributed by atoms with E-state index in [1.54, 1.807) is 0 Å². The van der Waals surface area contributed by atoms with E-state index < -0.39 is 16.4 Å². The van der Waals surface area contributed by atoms with Gasteiger partial charge in [0.15, 0.2) is 0 Å². The highest BCUT2D eigenvalue weighted by Crippen LogP contribution is 2.25. The fraction of sp³-hybridized carbons (Fsp3) is 0.714. The van der Waals surface area contributed by atoms with Crippen LogP contribution in [0.2, 0.25) is 39.3 Å². The van der Waals surface area contributed by atoms with E-state index in [1.165, 1.54) is 10.8 Å². The molecule has 0 aromatic carbocycles. The summed E-state index contributed by atoms with van der Waals surface area (Å²) in [6, 6.07) is 0. The van der Waals surface area contributed by atoms with Crippen molar-refractivity contribution in [3.63, 3.8) is 0 Å². The van der Waals surface area contributed by atoms with E-state index >= 15 is 0 Å². The van der Waals surface area contributed by atoms with Crippen molar-refractivity contribution in [2.24, 2.45) is 0 Å². The summed E-state index contributed by atoms with van der Waals surface area (Å²) in [5.41, 5.74) is 1.30. The molecule has 0 rings (SSSR count). The van der Waals surface area contributed by atoms with Crippen molar-refractivity contribution in [1.29, 1.82) is 0 Å². The van der Waals surface area contributed by atoms with Crippen LogP contribution in [-0.2, 0) is 9.16 Å². The third-order valence-electron chi connectivity index (χ3n) is 2.14. The van der Waals surface area contributed by atoms with Crippen LogP contribution in [0.3, 0.4) is 0 Å². The summed E-state index contributed by atoms with van der Waals surface area (Å²) in [5.74, 6) is 0.775. The SMILES string of the molecule is CCO/C(O[Si](C)(C)C)=C(/C=C(C)C)[Si](C)(C)C. The van der Waals surface area contributed by atoms with E-state index in [-0.39, 0.29) is 0 Å². The van der Waals surface area contributed by atoms with Crippen molar-refractivity contribution in [2.75, 3.05) is 6.61 Å². The fourth-order valence-electron chi connectivity index (χ4n) is 1.44. The van der Waals surface area contributed by atoms with Crippen LogP contribution in [0, 0.1) is 0 Å². The van der Waals surface area contributed by atoms with Gasteiger partial charge >= 0.3 is 0 Å². The van der Waals surface area contributed by atoms with Gasteiger partial charge in [-0.25, -0.2) is 0 Å². The molecule has 0 amide bonds. The molecular formula is C14H30O2Si2. The van der Waals surface area contributed by atoms with Crippen LogP contribution >= 0.6 is 0 Å². The second-order valence-corrected chi connectivity index (χ2v) is 16.3. The third kappa shape index (κ3) is 7.06. The molecule has 0 saturated heterocycles. The molecule has 0 N–H and O–H groups in total. The number of ether oxygens (including phenoxy) is 1. The van der Waals surface area contributed by atoms with Crippen molar-refractivity contribution in [1.82, 2.24) is 0 Å². The molecule has 0 bridgehead atoms. The molecule has 106 valence electrons. The summed E-state index contributed by atoms with van der Waals surface area (Å²) in [5, 5.41) is 1.28. The molecule has 0 aromatic rings. The smallest absolute Gasteiger partial charge is 0.264 e. The topological polar surface area (TPSA) is 18.5 Å². The van der Waals surface area contributed by atoms with E-state index in [4.69, 9.17) is 9.16 Å². The second-order valence-electron chi connectivity index (χ2n) is 6.82. The Hall–Kier alpha value is -0.486. The minimum absolute atomic E-state index is 0.657. The molecule has 0 unspecified atom stereocenters. The quantitative estimate of drug-likeness (QED) is 0.391. The Morgan fingerprint density at radius 2 is 1.50 bits per heavy atom. The lowest BCUT2D eigenvalue weighted by atomic mass is 10.3. The third-order valence-corrected chi connectivity index (χ3v) is 4.90. The van der Waals surface area contributed by atoms with E-state index in [2.05, 4.69) is 59.2 Å². The maximum Gasteiger partial charge on any atom is 0.264 e. The van der Waals surface area contributed by atoms with Crippen molar-refractivity contribution in [2.45, 2.75) is 60.1 Å². The normalized spacial score (nSPS) is 13.8. The molecule has 4 heteroatoms. The standard InChI is InChI=1S/C14H30O2Si2/c1-10-15-14(16-18(7,8)9)13(11-12(2)3)17(4,5)6/h11H,10H2,1-9H3/b14-13+. The molecular weight excluding hydrogens is 256 g/mol. The van der Waals surface area contributed by atoms with Gasteiger partial charge in [-0.15, -0.1) is 0 Å². The molecule has 0 spiro atoms. The van der Waals surface area contributed by atoms with Gasteiger partial charge in [-0.3, -0.25) is 0 Å². The summed E-state index contributed by atoms with van der Waals surface area (Å²) in [4.78, 5) is 0. The number of hydrogen-bond acceptors (Lipinski definition) is 2. The molecule has 0 aliphatic carbocycles. The zero-order valence-electron chi connectivity index (χ0n) is 13.6. The van der Waals surface area contributed by atoms with E-state index in [0.717, 1.165) is 5.95 Å². The van der Waals surface area contributed by atoms with Gasteiger partial charge in [-0.05, 0) is 40.4 Å². The first-order chi connectivity index (χ1) is 7.97. The number of hydrogen-bond donors (Lipinski definition) is 0. The molecule has 0 aliphatic heterocycles. The fourth-order valence-corrected chi connectivity index (χ4v) is 3.73. The zero-order valence-corrected chi connectivity index (χ0v) is 15.6. The summed E-state index contributed by atoms with van der Waals surface area (Å²) in [7, 11) is -3.11. The lowest BCUT2D eigenvalue weighted by molar-refractivity contribution is 0.111. The molecule has 0 saturated carbocycles. The summed E-state index contributed by atoms with van der Waals surface area (Å²) >= 11 is 0. The largest absolute Gasteiger partial charge is 0.520 e. The van der Waals surface area contributed by atoms with Gasteiger partial charge in [0.2, 0.25) is 8.32 Å². The lowest BCUT2D eigenvalue weighted by Gasteiger charge is -2.27. The predicted molar refractivity (Wildman–Crippen MR) is 85.9 cm³/mol. The monoisotopic (exact) mass is 286 g/mol. The Morgan fingerprint density at radius 1 is 1.00 bits per heavy atom. The minimum atomic E-state index is -1.64. The van der Waals surface area contributed by atoms with Crippen LogP contribution in [-0.4, -0.2) is 23.0 Å². The van der Waals surface area contributed by atoms with Crippen LogP contribution in [0.15, 0.2) is 22.8 Å². The Kier molecular flexibility index (Phi) is 6.44. The molecule has 0 aliphatic rings. The van der Waals surface area contributed by atoms with Crippen molar-refractivity contribution in [3.8, 4) is 0 Å². The highest BCUT2D eigenvalue weighted by atomic mass is 28.4. The first-order valence-electron chi connectivity index (χ1n) is 6.69. The Balaban J connectivity index is 5.64. The zero-order chi connectivity index (χ0) is 14.6. The van der Waals surface area contributed by atoms with Gasteiger partial charge in [0, 0.05) is 5.20 Å². The average Bonchev–Trinajstić information content (AvgIpc) is 2.09. The summed E-state index contributed by atoms with van der Waals surface area (Å²) < 4.78 is 11.9. The summed E-state index contributed by atoms with van der Waals surface area (Å²) in [6.45, 7) is 20.5. The Bertz CT molecular complexity index is 327. The molecule has 0 fully saturated rings. The second kappa shape index (κ2) is 6.61. The molecule has 0 radical (unpaired) electrons. The van der Waals surface area contributed by atoms with E-state index in [9.17, 15) is 0 Å².